The minimum Gasteiger partial charge on any atom is -0.355 e. The van der Waals surface area contributed by atoms with Crippen LogP contribution >= 0.6 is 0 Å². The summed E-state index contributed by atoms with van der Waals surface area (Å²) in [6, 6.07) is 20.2. The lowest BCUT2D eigenvalue weighted by Crippen LogP contribution is -2.40. The van der Waals surface area contributed by atoms with E-state index in [1.807, 2.05) is 60.7 Å². The van der Waals surface area contributed by atoms with Crippen molar-refractivity contribution in [2.24, 2.45) is 0 Å². The zero-order valence-electron chi connectivity index (χ0n) is 15.2. The average molecular weight is 396 g/mol. The molecule has 144 valence electrons. The maximum Gasteiger partial charge on any atom is 0.276 e. The van der Waals surface area contributed by atoms with Gasteiger partial charge in [0.1, 0.15) is 0 Å². The van der Waals surface area contributed by atoms with Crippen molar-refractivity contribution in [3.05, 3.63) is 78.0 Å². The fourth-order valence-corrected chi connectivity index (χ4v) is 5.16. The van der Waals surface area contributed by atoms with E-state index in [1.165, 1.54) is 0 Å². The lowest BCUT2D eigenvalue weighted by Gasteiger charge is -2.27. The summed E-state index contributed by atoms with van der Waals surface area (Å²) >= 11 is 0. The minimum atomic E-state index is -3.12. The molecule has 0 N–H and O–H groups in total. The molecule has 1 atom stereocenters. The highest BCUT2D eigenvalue weighted by Gasteiger charge is 2.36. The third-order valence-corrected chi connectivity index (χ3v) is 6.64. The van der Waals surface area contributed by atoms with Gasteiger partial charge in [-0.3, -0.25) is 4.79 Å². The molecule has 3 aromatic rings. The molecule has 0 unspecified atom stereocenters. The van der Waals surface area contributed by atoms with Gasteiger partial charge in [0.2, 0.25) is 0 Å². The lowest BCUT2D eigenvalue weighted by molar-refractivity contribution is 0.0670. The molecule has 1 fully saturated rings. The summed E-state index contributed by atoms with van der Waals surface area (Å²) in [6.45, 7) is 0.327. The number of benzene rings is 2. The van der Waals surface area contributed by atoms with Gasteiger partial charge >= 0.3 is 0 Å². The van der Waals surface area contributed by atoms with E-state index in [4.69, 9.17) is 4.52 Å². The van der Waals surface area contributed by atoms with E-state index in [-0.39, 0.29) is 29.1 Å². The maximum absolute atomic E-state index is 13.2. The average Bonchev–Trinajstić information content (AvgIpc) is 3.34. The molecule has 0 saturated carbocycles. The monoisotopic (exact) mass is 396 g/mol. The first kappa shape index (κ1) is 18.4. The zero-order valence-corrected chi connectivity index (χ0v) is 16.0. The van der Waals surface area contributed by atoms with Gasteiger partial charge < -0.3 is 9.42 Å². The minimum absolute atomic E-state index is 0.0189. The Balaban J connectivity index is 1.62. The van der Waals surface area contributed by atoms with Crippen LogP contribution in [0.25, 0.3) is 11.3 Å². The molecule has 6 nitrogen and oxygen atoms in total. The molecule has 1 aromatic heterocycles. The van der Waals surface area contributed by atoms with Gasteiger partial charge in [-0.25, -0.2) is 8.42 Å². The Morgan fingerprint density at radius 2 is 1.75 bits per heavy atom. The molecule has 0 bridgehead atoms. The molecular formula is C21H20N2O4S. The molecule has 7 heteroatoms. The normalized spacial score (nSPS) is 18.1. The molecule has 2 aromatic carbocycles. The zero-order chi connectivity index (χ0) is 19.6. The predicted octanol–water partition coefficient (Wildman–Crippen LogP) is 3.17. The van der Waals surface area contributed by atoms with Crippen molar-refractivity contribution in [2.75, 3.05) is 11.5 Å². The molecule has 1 aliphatic rings. The number of nitrogens with zero attached hydrogens (tertiary/aromatic N) is 2. The molecule has 1 aliphatic heterocycles. The first-order valence-corrected chi connectivity index (χ1v) is 10.9. The number of hydrogen-bond acceptors (Lipinski definition) is 5. The lowest BCUT2D eigenvalue weighted by atomic mass is 10.1. The summed E-state index contributed by atoms with van der Waals surface area (Å²) in [4.78, 5) is 14.8. The molecule has 1 amide bonds. The number of carbonyl (C=O) groups is 1. The van der Waals surface area contributed by atoms with Crippen molar-refractivity contribution in [1.82, 2.24) is 10.1 Å². The highest BCUT2D eigenvalue weighted by atomic mass is 32.2. The van der Waals surface area contributed by atoms with Crippen LogP contribution in [0, 0.1) is 0 Å². The Morgan fingerprint density at radius 3 is 2.39 bits per heavy atom. The smallest absolute Gasteiger partial charge is 0.276 e. The van der Waals surface area contributed by atoms with Crippen molar-refractivity contribution in [2.45, 2.75) is 19.0 Å². The van der Waals surface area contributed by atoms with Gasteiger partial charge in [0.05, 0.1) is 11.5 Å². The summed E-state index contributed by atoms with van der Waals surface area (Å²) in [6.07, 6.45) is 0.435. The van der Waals surface area contributed by atoms with Crippen LogP contribution < -0.4 is 0 Å². The van der Waals surface area contributed by atoms with E-state index in [0.717, 1.165) is 11.1 Å². The van der Waals surface area contributed by atoms with Gasteiger partial charge in [0, 0.05) is 24.2 Å². The molecule has 28 heavy (non-hydrogen) atoms. The summed E-state index contributed by atoms with van der Waals surface area (Å²) in [5, 5.41) is 3.95. The molecular weight excluding hydrogens is 376 g/mol. The molecule has 0 radical (unpaired) electrons. The number of carbonyl (C=O) groups excluding carboxylic acids is 1. The maximum atomic E-state index is 13.2. The van der Waals surface area contributed by atoms with Crippen LogP contribution in [0.5, 0.6) is 0 Å². The second kappa shape index (κ2) is 7.59. The van der Waals surface area contributed by atoms with E-state index < -0.39 is 9.84 Å². The number of amides is 1. The standard InChI is InChI=1S/C21H20N2O4S/c24-21(19-13-20(27-22-19)17-9-5-2-6-10-17)23(14-16-7-3-1-4-8-16)18-11-12-28(25,26)15-18/h1-10,13,18H,11-12,14-15H2/t18-/m1/s1. The molecule has 2 heterocycles. The quantitative estimate of drug-likeness (QED) is 0.662. The van der Waals surface area contributed by atoms with Crippen molar-refractivity contribution in [1.29, 1.82) is 0 Å². The summed E-state index contributed by atoms with van der Waals surface area (Å²) in [5.74, 6) is 0.263. The second-order valence-corrected chi connectivity index (χ2v) is 9.15. The van der Waals surface area contributed by atoms with Gasteiger partial charge in [-0.1, -0.05) is 65.8 Å². The van der Waals surface area contributed by atoms with Crippen molar-refractivity contribution >= 4 is 15.7 Å². The third kappa shape index (κ3) is 3.99. The fraction of sp³-hybridized carbons (Fsp3) is 0.238. The molecule has 0 aliphatic carbocycles. The second-order valence-electron chi connectivity index (χ2n) is 6.92. The largest absolute Gasteiger partial charge is 0.355 e. The van der Waals surface area contributed by atoms with E-state index in [2.05, 4.69) is 5.16 Å². The van der Waals surface area contributed by atoms with E-state index >= 15 is 0 Å². The van der Waals surface area contributed by atoms with Crippen LogP contribution in [0.15, 0.2) is 71.3 Å². The fourth-order valence-electron chi connectivity index (χ4n) is 3.43. The van der Waals surface area contributed by atoms with E-state index in [1.54, 1.807) is 11.0 Å². The molecule has 1 saturated heterocycles. The van der Waals surface area contributed by atoms with Crippen molar-refractivity contribution < 1.29 is 17.7 Å². The number of sulfone groups is 1. The SMILES string of the molecule is O=C(c1cc(-c2ccccc2)on1)N(Cc1ccccc1)[C@@H]1CCS(=O)(=O)C1. The Bertz CT molecular complexity index is 1060. The predicted molar refractivity (Wildman–Crippen MR) is 105 cm³/mol. The Labute approximate surface area is 163 Å². The van der Waals surface area contributed by atoms with Crippen molar-refractivity contribution in [3.63, 3.8) is 0 Å². The van der Waals surface area contributed by atoms with Crippen LogP contribution in [-0.2, 0) is 16.4 Å². The Hall–Kier alpha value is -2.93. The van der Waals surface area contributed by atoms with Gasteiger partial charge in [-0.15, -0.1) is 0 Å². The van der Waals surface area contributed by atoms with Gasteiger partial charge in [-0.2, -0.15) is 0 Å². The molecule has 4 rings (SSSR count). The Morgan fingerprint density at radius 1 is 1.07 bits per heavy atom. The third-order valence-electron chi connectivity index (χ3n) is 4.89. The molecule has 0 spiro atoms. The number of rotatable bonds is 5. The van der Waals surface area contributed by atoms with Crippen molar-refractivity contribution in [3.8, 4) is 11.3 Å². The van der Waals surface area contributed by atoms with Crippen LogP contribution in [0.1, 0.15) is 22.5 Å². The first-order chi connectivity index (χ1) is 13.5. The highest BCUT2D eigenvalue weighted by molar-refractivity contribution is 7.91. The summed E-state index contributed by atoms with van der Waals surface area (Å²) in [7, 11) is -3.12. The van der Waals surface area contributed by atoms with Crippen LogP contribution in [-0.4, -0.2) is 41.9 Å². The van der Waals surface area contributed by atoms with Crippen LogP contribution in [0.2, 0.25) is 0 Å². The number of hydrogen-bond donors (Lipinski definition) is 0. The number of aromatic nitrogens is 1. The van der Waals surface area contributed by atoms with E-state index in [9.17, 15) is 13.2 Å². The van der Waals surface area contributed by atoms with Gasteiger partial charge in [0.15, 0.2) is 21.3 Å². The first-order valence-electron chi connectivity index (χ1n) is 9.09. The van der Waals surface area contributed by atoms with E-state index in [0.29, 0.717) is 18.7 Å². The topological polar surface area (TPSA) is 80.5 Å². The van der Waals surface area contributed by atoms with Crippen LogP contribution in [0.3, 0.4) is 0 Å². The Kier molecular flexibility index (Phi) is 5.00. The summed E-state index contributed by atoms with van der Waals surface area (Å²) in [5.41, 5.74) is 1.94. The summed E-state index contributed by atoms with van der Waals surface area (Å²) < 4.78 is 29.3. The highest BCUT2D eigenvalue weighted by Crippen LogP contribution is 2.25. The van der Waals surface area contributed by atoms with Gasteiger partial charge in [0.25, 0.3) is 5.91 Å². The van der Waals surface area contributed by atoms with Crippen LogP contribution in [0.4, 0.5) is 0 Å². The van der Waals surface area contributed by atoms with Gasteiger partial charge in [-0.05, 0) is 12.0 Å².